The number of carbonyl (C=O) groups excluding carboxylic acids is 1. The summed E-state index contributed by atoms with van der Waals surface area (Å²) < 4.78 is 2.05. The Morgan fingerprint density at radius 2 is 1.77 bits per heavy atom. The first kappa shape index (κ1) is 20.6. The number of aryl methyl sites for hydroxylation is 1. The molecule has 2 aromatic carbocycles. The van der Waals surface area contributed by atoms with E-state index in [1.165, 1.54) is 0 Å². The standard InChI is InChI=1S/C26H25N3O2/c1-29-25(20-11-6-3-7-12-20)21(22-13-8-17-28-26(22)29)14-15-24(31)27-18-16-23(30)19-9-4-2-5-10-19/h2-15,17,23,30H,16,18H2,1H3,(H,27,31). The van der Waals surface area contributed by atoms with Crippen molar-refractivity contribution in [3.05, 3.63) is 96.2 Å². The Morgan fingerprint density at radius 3 is 2.52 bits per heavy atom. The minimum atomic E-state index is -0.598. The number of benzene rings is 2. The molecule has 31 heavy (non-hydrogen) atoms. The summed E-state index contributed by atoms with van der Waals surface area (Å²) in [5, 5.41) is 14.1. The number of aliphatic hydroxyl groups is 1. The molecule has 1 amide bonds. The van der Waals surface area contributed by atoms with Crippen LogP contribution in [-0.4, -0.2) is 27.1 Å². The van der Waals surface area contributed by atoms with Crippen molar-refractivity contribution in [1.82, 2.24) is 14.9 Å². The van der Waals surface area contributed by atoms with Crippen LogP contribution in [0.1, 0.15) is 23.7 Å². The van der Waals surface area contributed by atoms with Crippen LogP contribution in [0, 0.1) is 0 Å². The molecule has 2 aromatic heterocycles. The number of amides is 1. The predicted octanol–water partition coefficient (Wildman–Crippen LogP) is 4.49. The highest BCUT2D eigenvalue weighted by Gasteiger charge is 2.15. The number of aliphatic hydroxyl groups excluding tert-OH is 1. The minimum Gasteiger partial charge on any atom is -0.388 e. The van der Waals surface area contributed by atoms with Gasteiger partial charge >= 0.3 is 0 Å². The number of nitrogens with zero attached hydrogens (tertiary/aromatic N) is 2. The average molecular weight is 412 g/mol. The molecule has 4 rings (SSSR count). The van der Waals surface area contributed by atoms with Gasteiger partial charge in [-0.1, -0.05) is 60.7 Å². The lowest BCUT2D eigenvalue weighted by Crippen LogP contribution is -2.23. The highest BCUT2D eigenvalue weighted by Crippen LogP contribution is 2.32. The van der Waals surface area contributed by atoms with Crippen LogP contribution in [-0.2, 0) is 11.8 Å². The summed E-state index contributed by atoms with van der Waals surface area (Å²) in [5.41, 5.74) is 4.75. The van der Waals surface area contributed by atoms with E-state index in [1.54, 1.807) is 12.3 Å². The molecule has 5 nitrogen and oxygen atoms in total. The highest BCUT2D eigenvalue weighted by atomic mass is 16.3. The molecule has 2 N–H and O–H groups in total. The summed E-state index contributed by atoms with van der Waals surface area (Å²) in [6, 6.07) is 23.5. The normalized spacial score (nSPS) is 12.3. The van der Waals surface area contributed by atoms with Crippen LogP contribution in [0.15, 0.2) is 85.1 Å². The third-order valence-electron chi connectivity index (χ3n) is 5.34. The molecule has 4 aromatic rings. The quantitative estimate of drug-likeness (QED) is 0.440. The van der Waals surface area contributed by atoms with Crippen molar-refractivity contribution in [2.75, 3.05) is 6.54 Å². The molecular weight excluding hydrogens is 386 g/mol. The van der Waals surface area contributed by atoms with Gasteiger partial charge in [0.1, 0.15) is 5.65 Å². The van der Waals surface area contributed by atoms with Gasteiger partial charge in [0.05, 0.1) is 11.8 Å². The molecule has 156 valence electrons. The Balaban J connectivity index is 1.51. The van der Waals surface area contributed by atoms with E-state index in [0.29, 0.717) is 13.0 Å². The first-order chi connectivity index (χ1) is 15.1. The van der Waals surface area contributed by atoms with Crippen molar-refractivity contribution in [1.29, 1.82) is 0 Å². The second-order valence-electron chi connectivity index (χ2n) is 7.40. The van der Waals surface area contributed by atoms with Gasteiger partial charge in [-0.15, -0.1) is 0 Å². The van der Waals surface area contributed by atoms with Gasteiger partial charge in [0.25, 0.3) is 0 Å². The van der Waals surface area contributed by atoms with E-state index in [9.17, 15) is 9.90 Å². The lowest BCUT2D eigenvalue weighted by molar-refractivity contribution is -0.116. The van der Waals surface area contributed by atoms with Crippen molar-refractivity contribution in [3.63, 3.8) is 0 Å². The fraction of sp³-hybridized carbons (Fsp3) is 0.154. The molecular formula is C26H25N3O2. The van der Waals surface area contributed by atoms with Gasteiger partial charge in [-0.2, -0.15) is 0 Å². The number of hydrogen-bond acceptors (Lipinski definition) is 3. The number of fused-ring (bicyclic) bond motifs is 1. The zero-order valence-corrected chi connectivity index (χ0v) is 17.4. The number of nitrogens with one attached hydrogen (secondary N) is 1. The SMILES string of the molecule is Cn1c(-c2ccccc2)c(C=CC(=O)NCCC(O)c2ccccc2)c2cccnc21. The van der Waals surface area contributed by atoms with Crippen molar-refractivity contribution >= 4 is 23.0 Å². The molecule has 0 radical (unpaired) electrons. The predicted molar refractivity (Wildman–Crippen MR) is 124 cm³/mol. The summed E-state index contributed by atoms with van der Waals surface area (Å²) in [6.45, 7) is 0.391. The third-order valence-corrected chi connectivity index (χ3v) is 5.34. The minimum absolute atomic E-state index is 0.194. The molecule has 0 saturated heterocycles. The van der Waals surface area contributed by atoms with Crippen LogP contribution in [0.4, 0.5) is 0 Å². The van der Waals surface area contributed by atoms with Gasteiger partial charge in [0, 0.05) is 36.8 Å². The molecule has 0 aliphatic rings. The zero-order valence-electron chi connectivity index (χ0n) is 17.4. The van der Waals surface area contributed by atoms with Crippen LogP contribution in [0.25, 0.3) is 28.4 Å². The van der Waals surface area contributed by atoms with Crippen molar-refractivity contribution in [2.24, 2.45) is 7.05 Å². The van der Waals surface area contributed by atoms with E-state index in [4.69, 9.17) is 0 Å². The molecule has 0 fully saturated rings. The molecule has 0 saturated carbocycles. The maximum absolute atomic E-state index is 12.4. The smallest absolute Gasteiger partial charge is 0.244 e. The Morgan fingerprint density at radius 1 is 1.06 bits per heavy atom. The molecule has 0 bridgehead atoms. The van der Waals surface area contributed by atoms with E-state index in [0.717, 1.165) is 33.4 Å². The zero-order chi connectivity index (χ0) is 21.6. The van der Waals surface area contributed by atoms with Crippen LogP contribution >= 0.6 is 0 Å². The fourth-order valence-corrected chi connectivity index (χ4v) is 3.79. The van der Waals surface area contributed by atoms with Crippen molar-refractivity contribution < 1.29 is 9.90 Å². The second kappa shape index (κ2) is 9.41. The molecule has 0 aliphatic carbocycles. The van der Waals surface area contributed by atoms with E-state index >= 15 is 0 Å². The van der Waals surface area contributed by atoms with E-state index in [-0.39, 0.29) is 5.91 Å². The number of carbonyl (C=O) groups is 1. The maximum atomic E-state index is 12.4. The fourth-order valence-electron chi connectivity index (χ4n) is 3.79. The molecule has 5 heteroatoms. The number of hydrogen-bond donors (Lipinski definition) is 2. The second-order valence-corrected chi connectivity index (χ2v) is 7.40. The lowest BCUT2D eigenvalue weighted by atomic mass is 10.1. The van der Waals surface area contributed by atoms with Gasteiger partial charge in [0.2, 0.25) is 5.91 Å². The third kappa shape index (κ3) is 4.57. The van der Waals surface area contributed by atoms with Crippen LogP contribution in [0.3, 0.4) is 0 Å². The molecule has 1 atom stereocenters. The lowest BCUT2D eigenvalue weighted by Gasteiger charge is -2.10. The number of aromatic nitrogens is 2. The Bertz CT molecular complexity index is 1200. The maximum Gasteiger partial charge on any atom is 0.244 e. The van der Waals surface area contributed by atoms with E-state index in [1.807, 2.05) is 73.8 Å². The Hall–Kier alpha value is -3.70. The summed E-state index contributed by atoms with van der Waals surface area (Å²) in [7, 11) is 1.99. The summed E-state index contributed by atoms with van der Waals surface area (Å²) in [4.78, 5) is 16.9. The highest BCUT2D eigenvalue weighted by molar-refractivity contribution is 6.00. The number of rotatable bonds is 7. The van der Waals surface area contributed by atoms with Crippen LogP contribution in [0.2, 0.25) is 0 Å². The van der Waals surface area contributed by atoms with Gasteiger partial charge in [-0.3, -0.25) is 4.79 Å². The van der Waals surface area contributed by atoms with E-state index < -0.39 is 6.10 Å². The van der Waals surface area contributed by atoms with Gasteiger partial charge in [-0.25, -0.2) is 4.98 Å². The van der Waals surface area contributed by atoms with Gasteiger partial charge in [-0.05, 0) is 35.8 Å². The van der Waals surface area contributed by atoms with Crippen molar-refractivity contribution in [3.8, 4) is 11.3 Å². The summed E-state index contributed by atoms with van der Waals surface area (Å²) in [5.74, 6) is -0.194. The average Bonchev–Trinajstić information content (AvgIpc) is 3.10. The van der Waals surface area contributed by atoms with Crippen LogP contribution < -0.4 is 5.32 Å². The molecule has 2 heterocycles. The molecule has 0 aliphatic heterocycles. The molecule has 1 unspecified atom stereocenters. The number of pyridine rings is 1. The topological polar surface area (TPSA) is 67.2 Å². The van der Waals surface area contributed by atoms with Crippen LogP contribution in [0.5, 0.6) is 0 Å². The summed E-state index contributed by atoms with van der Waals surface area (Å²) >= 11 is 0. The first-order valence-electron chi connectivity index (χ1n) is 10.3. The largest absolute Gasteiger partial charge is 0.388 e. The summed E-state index contributed by atoms with van der Waals surface area (Å²) in [6.07, 6.45) is 5.02. The Labute approximate surface area is 181 Å². The Kier molecular flexibility index (Phi) is 6.24. The van der Waals surface area contributed by atoms with Gasteiger partial charge < -0.3 is 15.0 Å². The van der Waals surface area contributed by atoms with Gasteiger partial charge in [0.15, 0.2) is 0 Å². The van der Waals surface area contributed by atoms with E-state index in [2.05, 4.69) is 27.0 Å². The monoisotopic (exact) mass is 411 g/mol. The molecule has 0 spiro atoms. The van der Waals surface area contributed by atoms with Crippen molar-refractivity contribution in [2.45, 2.75) is 12.5 Å². The first-order valence-corrected chi connectivity index (χ1v) is 10.3.